The van der Waals surface area contributed by atoms with Gasteiger partial charge in [0.15, 0.2) is 0 Å². The maximum Gasteiger partial charge on any atom is 0.256 e. The zero-order valence-electron chi connectivity index (χ0n) is 9.75. The van der Waals surface area contributed by atoms with E-state index >= 15 is 0 Å². The van der Waals surface area contributed by atoms with E-state index in [0.29, 0.717) is 0 Å². The number of carbonyl (C=O) groups excluding carboxylic acids is 3. The number of hydrogen-bond acceptors (Lipinski definition) is 8. The highest BCUT2D eigenvalue weighted by Crippen LogP contribution is 2.21. The molecule has 0 aliphatic carbocycles. The van der Waals surface area contributed by atoms with E-state index in [9.17, 15) is 28.7 Å². The normalized spacial score (nSPS) is 12.4. The topological polar surface area (TPSA) is 203 Å². The van der Waals surface area contributed by atoms with E-state index in [2.05, 4.69) is 0 Å². The van der Waals surface area contributed by atoms with Crippen molar-refractivity contribution in [2.45, 2.75) is 18.9 Å². The Morgan fingerprint density at radius 2 is 1.68 bits per heavy atom. The summed E-state index contributed by atoms with van der Waals surface area (Å²) in [6.07, 6.45) is -1.66. The Kier molecular flexibility index (Phi) is 7.19. The number of rotatable bonds is 7. The predicted molar refractivity (Wildman–Crippen MR) is 58.3 cm³/mol. The van der Waals surface area contributed by atoms with Crippen LogP contribution in [0.2, 0.25) is 0 Å². The molecule has 0 aliphatic heterocycles. The molecule has 11 nitrogen and oxygen atoms in total. The monoisotopic (exact) mass is 295 g/mol. The molecule has 12 heteroatoms. The minimum absolute atomic E-state index is 0.167. The Hall–Kier alpha value is -1.52. The number of hydrogen-bond donors (Lipinski definition) is 5. The Bertz CT molecular complexity index is 395. The number of hydrazine groups is 2. The van der Waals surface area contributed by atoms with Crippen molar-refractivity contribution in [3.63, 3.8) is 0 Å². The smallest absolute Gasteiger partial charge is 0.256 e. The molecule has 0 spiro atoms. The lowest BCUT2D eigenvalue weighted by atomic mass is 10.1. The lowest BCUT2D eigenvalue weighted by Gasteiger charge is -2.29. The Balaban J connectivity index is 4.51. The molecule has 7 N–H and O–H groups in total. The van der Waals surface area contributed by atoms with E-state index in [1.807, 2.05) is 10.7 Å². The van der Waals surface area contributed by atoms with Crippen LogP contribution in [0, 0.1) is 0 Å². The Labute approximate surface area is 108 Å². The van der Waals surface area contributed by atoms with Crippen LogP contribution in [0.5, 0.6) is 0 Å². The second-order valence-electron chi connectivity index (χ2n) is 3.50. The van der Waals surface area contributed by atoms with E-state index in [-0.39, 0.29) is 12.8 Å². The molecule has 0 radical (unpaired) electrons. The predicted octanol–water partition coefficient (Wildman–Crippen LogP) is -4.86. The summed E-state index contributed by atoms with van der Waals surface area (Å²) in [5.74, 6) is 7.09. The second kappa shape index (κ2) is 7.81. The van der Waals surface area contributed by atoms with Crippen LogP contribution in [-0.4, -0.2) is 29.9 Å². The molecule has 0 aliphatic rings. The molecule has 0 rings (SSSR count). The van der Waals surface area contributed by atoms with Crippen LogP contribution in [0.25, 0.3) is 0 Å². The average molecular weight is 295 g/mol. The molecule has 0 fully saturated rings. The summed E-state index contributed by atoms with van der Waals surface area (Å²) in [5.41, 5.74) is 3.54. The van der Waals surface area contributed by atoms with Crippen molar-refractivity contribution in [1.82, 2.24) is 16.2 Å². The molecule has 1 atom stereocenters. The van der Waals surface area contributed by atoms with Crippen LogP contribution < -0.4 is 37.6 Å². The molecule has 0 unspecified atom stereocenters. The van der Waals surface area contributed by atoms with Gasteiger partial charge < -0.3 is 19.7 Å². The molecule has 110 valence electrons. The van der Waals surface area contributed by atoms with E-state index in [4.69, 9.17) is 11.7 Å². The molecular weight excluding hydrogens is 281 g/mol. The van der Waals surface area contributed by atoms with E-state index in [1.165, 1.54) is 0 Å². The molecule has 0 bridgehead atoms. The van der Waals surface area contributed by atoms with Gasteiger partial charge >= 0.3 is 0 Å². The van der Waals surface area contributed by atoms with Crippen molar-refractivity contribution >= 4 is 25.3 Å². The van der Waals surface area contributed by atoms with Crippen molar-refractivity contribution in [3.05, 3.63) is 0 Å². The SMILES string of the molecule is NNC(=O)CC[C@H](NC(=O)CP(=O)([O-])[O-])C(=O)NN. The van der Waals surface area contributed by atoms with Gasteiger partial charge in [-0.15, -0.1) is 0 Å². The van der Waals surface area contributed by atoms with Crippen LogP contribution in [0.3, 0.4) is 0 Å². The minimum Gasteiger partial charge on any atom is -0.810 e. The van der Waals surface area contributed by atoms with Crippen LogP contribution in [0.15, 0.2) is 0 Å². The second-order valence-corrected chi connectivity index (χ2v) is 5.04. The summed E-state index contributed by atoms with van der Waals surface area (Å²) in [5, 5.41) is 1.98. The van der Waals surface area contributed by atoms with E-state index < -0.39 is 37.5 Å². The maximum absolute atomic E-state index is 11.3. The number of amides is 3. The summed E-state index contributed by atoms with van der Waals surface area (Å²) in [6.45, 7) is 0. The van der Waals surface area contributed by atoms with Crippen molar-refractivity contribution in [3.8, 4) is 0 Å². The standard InChI is InChI=1S/C7H16N5O6P/c8-11-5(13)2-1-4(7(15)12-9)10-6(14)3-19(16,17)18/h4H,1-3,8-9H2,(H,10,14)(H,11,13)(H,12,15)(H2,16,17,18)/p-2/t4-/m0/s1. The first-order chi connectivity index (χ1) is 8.69. The molecule has 3 amide bonds. The lowest BCUT2D eigenvalue weighted by Crippen LogP contribution is -2.50. The minimum atomic E-state index is -5.03. The van der Waals surface area contributed by atoms with Gasteiger partial charge in [0, 0.05) is 6.42 Å². The van der Waals surface area contributed by atoms with Gasteiger partial charge in [-0.2, -0.15) is 0 Å². The first-order valence-corrected chi connectivity index (χ1v) is 6.72. The zero-order valence-corrected chi connectivity index (χ0v) is 10.6. The molecule has 0 saturated carbocycles. The third kappa shape index (κ3) is 8.24. The maximum atomic E-state index is 11.3. The van der Waals surface area contributed by atoms with Crippen LogP contribution in [-0.2, 0) is 18.9 Å². The fraction of sp³-hybridized carbons (Fsp3) is 0.571. The van der Waals surface area contributed by atoms with Gasteiger partial charge in [-0.25, -0.2) is 11.7 Å². The van der Waals surface area contributed by atoms with Gasteiger partial charge in [0.2, 0.25) is 11.8 Å². The van der Waals surface area contributed by atoms with Gasteiger partial charge in [-0.3, -0.25) is 25.2 Å². The van der Waals surface area contributed by atoms with Gasteiger partial charge in [0.25, 0.3) is 5.91 Å². The summed E-state index contributed by atoms with van der Waals surface area (Å²) < 4.78 is 10.4. The Morgan fingerprint density at radius 1 is 1.11 bits per heavy atom. The molecule has 0 saturated heterocycles. The third-order valence-electron chi connectivity index (χ3n) is 1.95. The molecule has 0 heterocycles. The average Bonchev–Trinajstić information content (AvgIpc) is 2.30. The largest absolute Gasteiger partial charge is 0.810 e. The van der Waals surface area contributed by atoms with Crippen LogP contribution in [0.1, 0.15) is 12.8 Å². The van der Waals surface area contributed by atoms with Gasteiger partial charge in [-0.05, 0) is 6.42 Å². The summed E-state index contributed by atoms with van der Waals surface area (Å²) in [7, 11) is -5.03. The molecule has 19 heavy (non-hydrogen) atoms. The van der Waals surface area contributed by atoms with Crippen LogP contribution >= 0.6 is 7.60 Å². The number of carbonyl (C=O) groups is 3. The first kappa shape index (κ1) is 17.5. The fourth-order valence-electron chi connectivity index (χ4n) is 1.13. The van der Waals surface area contributed by atoms with Crippen molar-refractivity contribution < 1.29 is 28.7 Å². The van der Waals surface area contributed by atoms with Crippen molar-refractivity contribution in [2.75, 3.05) is 6.16 Å². The highest BCUT2D eigenvalue weighted by molar-refractivity contribution is 7.49. The summed E-state index contributed by atoms with van der Waals surface area (Å²) in [4.78, 5) is 54.1. The van der Waals surface area contributed by atoms with E-state index in [0.717, 1.165) is 0 Å². The number of nitrogens with two attached hydrogens (primary N) is 2. The molecule has 0 aromatic carbocycles. The summed E-state index contributed by atoms with van der Waals surface area (Å²) >= 11 is 0. The highest BCUT2D eigenvalue weighted by Gasteiger charge is 2.21. The lowest BCUT2D eigenvalue weighted by molar-refractivity contribution is -0.312. The summed E-state index contributed by atoms with van der Waals surface area (Å²) in [6, 6.07) is -1.25. The third-order valence-corrected chi connectivity index (χ3v) is 2.63. The molecular formula is C7H14N5O6P-2. The quantitative estimate of drug-likeness (QED) is 0.133. The fourth-order valence-corrected chi connectivity index (χ4v) is 1.58. The van der Waals surface area contributed by atoms with Crippen molar-refractivity contribution in [1.29, 1.82) is 0 Å². The molecule has 0 aromatic rings. The van der Waals surface area contributed by atoms with Crippen LogP contribution in [0.4, 0.5) is 0 Å². The number of nitrogens with one attached hydrogen (secondary N) is 3. The van der Waals surface area contributed by atoms with Gasteiger partial charge in [0.05, 0.1) is 6.16 Å². The van der Waals surface area contributed by atoms with E-state index in [1.54, 1.807) is 5.43 Å². The molecule has 0 aromatic heterocycles. The first-order valence-electron chi connectivity index (χ1n) is 5.00. The van der Waals surface area contributed by atoms with Gasteiger partial charge in [-0.1, -0.05) is 7.60 Å². The zero-order chi connectivity index (χ0) is 15.1. The van der Waals surface area contributed by atoms with Gasteiger partial charge in [0.1, 0.15) is 6.04 Å². The highest BCUT2D eigenvalue weighted by atomic mass is 31.2. The Morgan fingerprint density at radius 3 is 2.11 bits per heavy atom. The van der Waals surface area contributed by atoms with Crippen molar-refractivity contribution in [2.24, 2.45) is 11.7 Å².